The molecule has 0 radical (unpaired) electrons. The lowest BCUT2D eigenvalue weighted by molar-refractivity contribution is -0.145. The number of carbonyl (C=O) groups excluding carboxylic acids is 2. The van der Waals surface area contributed by atoms with Gasteiger partial charge in [-0.15, -0.1) is 0 Å². The topological polar surface area (TPSA) is 97.6 Å². The van der Waals surface area contributed by atoms with Crippen molar-refractivity contribution in [3.05, 3.63) is 35.7 Å². The Morgan fingerprint density at radius 3 is 2.54 bits per heavy atom. The number of amides is 1. The van der Waals surface area contributed by atoms with Crippen LogP contribution in [0.4, 0.5) is 0 Å². The van der Waals surface area contributed by atoms with E-state index in [4.69, 9.17) is 9.26 Å². The van der Waals surface area contributed by atoms with Gasteiger partial charge in [0.15, 0.2) is 0 Å². The summed E-state index contributed by atoms with van der Waals surface area (Å²) in [4.78, 5) is 30.8. The number of esters is 1. The van der Waals surface area contributed by atoms with Crippen molar-refractivity contribution in [1.82, 2.24) is 20.4 Å². The van der Waals surface area contributed by atoms with Crippen molar-refractivity contribution >= 4 is 11.9 Å². The Kier molecular flexibility index (Phi) is 5.62. The van der Waals surface area contributed by atoms with Crippen molar-refractivity contribution < 1.29 is 18.8 Å². The summed E-state index contributed by atoms with van der Waals surface area (Å²) in [6.07, 6.45) is 0.0906. The number of ether oxygens (including phenoxy) is 1. The molecule has 26 heavy (non-hydrogen) atoms. The number of rotatable bonds is 5. The molecule has 2 aromatic rings. The Labute approximate surface area is 151 Å². The zero-order valence-corrected chi connectivity index (χ0v) is 14.9. The lowest BCUT2D eigenvalue weighted by atomic mass is 9.94. The van der Waals surface area contributed by atoms with Crippen LogP contribution < -0.4 is 5.32 Å². The SMILES string of the molecule is COC(=O)C(CC(=O)N1CCNCC1)c1ccc(-c2noc(C)n2)cc1. The third kappa shape index (κ3) is 4.08. The van der Waals surface area contributed by atoms with Gasteiger partial charge < -0.3 is 19.5 Å². The summed E-state index contributed by atoms with van der Waals surface area (Å²) in [5.74, 6) is -0.126. The molecule has 1 amide bonds. The number of aromatic nitrogens is 2. The molecule has 8 nitrogen and oxygen atoms in total. The Bertz CT molecular complexity index is 766. The molecule has 1 unspecified atom stereocenters. The molecule has 2 heterocycles. The standard InChI is InChI=1S/C18H22N4O4/c1-12-20-17(21-26-12)14-5-3-13(4-6-14)15(18(24)25-2)11-16(23)22-9-7-19-8-10-22/h3-6,15,19H,7-11H2,1-2H3. The molecule has 1 saturated heterocycles. The highest BCUT2D eigenvalue weighted by Gasteiger charge is 2.27. The number of piperazine rings is 1. The number of methoxy groups -OCH3 is 1. The Balaban J connectivity index is 1.76. The van der Waals surface area contributed by atoms with E-state index in [1.165, 1.54) is 7.11 Å². The maximum absolute atomic E-state index is 12.6. The smallest absolute Gasteiger partial charge is 0.313 e. The van der Waals surface area contributed by atoms with Gasteiger partial charge in [0.25, 0.3) is 0 Å². The summed E-state index contributed by atoms with van der Waals surface area (Å²) >= 11 is 0. The fourth-order valence-corrected chi connectivity index (χ4v) is 2.98. The van der Waals surface area contributed by atoms with E-state index in [1.807, 2.05) is 12.1 Å². The molecule has 0 saturated carbocycles. The first kappa shape index (κ1) is 18.1. The minimum Gasteiger partial charge on any atom is -0.469 e. The number of benzene rings is 1. The van der Waals surface area contributed by atoms with Gasteiger partial charge in [0, 0.05) is 45.1 Å². The predicted molar refractivity (Wildman–Crippen MR) is 93.3 cm³/mol. The molecular formula is C18H22N4O4. The molecule has 8 heteroatoms. The van der Waals surface area contributed by atoms with E-state index in [1.54, 1.807) is 24.0 Å². The van der Waals surface area contributed by atoms with Crippen molar-refractivity contribution in [1.29, 1.82) is 0 Å². The Morgan fingerprint density at radius 1 is 1.27 bits per heavy atom. The zero-order chi connectivity index (χ0) is 18.5. The first-order valence-corrected chi connectivity index (χ1v) is 8.55. The second-order valence-electron chi connectivity index (χ2n) is 6.17. The summed E-state index contributed by atoms with van der Waals surface area (Å²) in [7, 11) is 1.33. The first-order valence-electron chi connectivity index (χ1n) is 8.55. The zero-order valence-electron chi connectivity index (χ0n) is 14.9. The van der Waals surface area contributed by atoms with Gasteiger partial charge in [0.05, 0.1) is 13.0 Å². The summed E-state index contributed by atoms with van der Waals surface area (Å²) in [6.45, 7) is 4.58. The molecule has 1 aliphatic rings. The molecule has 0 bridgehead atoms. The predicted octanol–water partition coefficient (Wildman–Crippen LogP) is 1.12. The van der Waals surface area contributed by atoms with Gasteiger partial charge in [-0.2, -0.15) is 4.98 Å². The number of aryl methyl sites for hydroxylation is 1. The molecule has 1 fully saturated rings. The summed E-state index contributed by atoms with van der Waals surface area (Å²) in [5.41, 5.74) is 1.51. The van der Waals surface area contributed by atoms with Crippen molar-refractivity contribution in [3.63, 3.8) is 0 Å². The molecular weight excluding hydrogens is 336 g/mol. The molecule has 1 N–H and O–H groups in total. The molecule has 0 spiro atoms. The molecule has 0 aliphatic carbocycles. The van der Waals surface area contributed by atoms with E-state index >= 15 is 0 Å². The average molecular weight is 358 g/mol. The van der Waals surface area contributed by atoms with Crippen molar-refractivity contribution in [2.75, 3.05) is 33.3 Å². The van der Waals surface area contributed by atoms with Gasteiger partial charge in [-0.1, -0.05) is 29.4 Å². The molecule has 3 rings (SSSR count). The average Bonchev–Trinajstić information content (AvgIpc) is 3.12. The Morgan fingerprint density at radius 2 is 1.96 bits per heavy atom. The van der Waals surface area contributed by atoms with Crippen LogP contribution in [0.15, 0.2) is 28.8 Å². The van der Waals surface area contributed by atoms with Crippen molar-refractivity contribution in [2.24, 2.45) is 0 Å². The van der Waals surface area contributed by atoms with E-state index in [-0.39, 0.29) is 12.3 Å². The minimum absolute atomic E-state index is 0.0419. The number of nitrogens with one attached hydrogen (secondary N) is 1. The van der Waals surface area contributed by atoms with Gasteiger partial charge in [0.2, 0.25) is 17.6 Å². The number of hydrogen-bond acceptors (Lipinski definition) is 7. The number of nitrogens with zero attached hydrogens (tertiary/aromatic N) is 3. The van der Waals surface area contributed by atoms with Crippen LogP contribution in [0.5, 0.6) is 0 Å². The maximum Gasteiger partial charge on any atom is 0.313 e. The fraction of sp³-hybridized carbons (Fsp3) is 0.444. The Hall–Kier alpha value is -2.74. The normalized spacial score (nSPS) is 15.5. The summed E-state index contributed by atoms with van der Waals surface area (Å²) in [6, 6.07) is 7.22. The number of hydrogen-bond donors (Lipinski definition) is 1. The minimum atomic E-state index is -0.636. The van der Waals surface area contributed by atoms with Crippen molar-refractivity contribution in [3.8, 4) is 11.4 Å². The van der Waals surface area contributed by atoms with Crippen LogP contribution in [-0.4, -0.2) is 60.2 Å². The van der Waals surface area contributed by atoms with Gasteiger partial charge in [-0.3, -0.25) is 9.59 Å². The third-order valence-electron chi connectivity index (χ3n) is 4.43. The van der Waals surface area contributed by atoms with E-state index in [0.29, 0.717) is 24.8 Å². The van der Waals surface area contributed by atoms with E-state index in [9.17, 15) is 9.59 Å². The van der Waals surface area contributed by atoms with Crippen LogP contribution in [0.3, 0.4) is 0 Å². The lowest BCUT2D eigenvalue weighted by Crippen LogP contribution is -2.47. The van der Waals surface area contributed by atoms with Crippen LogP contribution in [-0.2, 0) is 14.3 Å². The maximum atomic E-state index is 12.6. The fourth-order valence-electron chi connectivity index (χ4n) is 2.98. The molecule has 1 atom stereocenters. The highest BCUT2D eigenvalue weighted by molar-refractivity contribution is 5.86. The second kappa shape index (κ2) is 8.09. The van der Waals surface area contributed by atoms with Crippen molar-refractivity contribution in [2.45, 2.75) is 19.3 Å². The summed E-state index contributed by atoms with van der Waals surface area (Å²) in [5, 5.41) is 7.08. The van der Waals surface area contributed by atoms with Crippen LogP contribution in [0.25, 0.3) is 11.4 Å². The second-order valence-corrected chi connectivity index (χ2v) is 6.17. The lowest BCUT2D eigenvalue weighted by Gasteiger charge is -2.28. The highest BCUT2D eigenvalue weighted by atomic mass is 16.5. The van der Waals surface area contributed by atoms with Gasteiger partial charge in [0.1, 0.15) is 0 Å². The van der Waals surface area contributed by atoms with Gasteiger partial charge in [-0.25, -0.2) is 0 Å². The van der Waals surface area contributed by atoms with E-state index < -0.39 is 11.9 Å². The molecule has 1 aliphatic heterocycles. The van der Waals surface area contributed by atoms with Gasteiger partial charge >= 0.3 is 5.97 Å². The van der Waals surface area contributed by atoms with E-state index in [0.717, 1.165) is 24.2 Å². The number of carbonyl (C=O) groups is 2. The highest BCUT2D eigenvalue weighted by Crippen LogP contribution is 2.25. The largest absolute Gasteiger partial charge is 0.469 e. The monoisotopic (exact) mass is 358 g/mol. The molecule has 1 aromatic carbocycles. The van der Waals surface area contributed by atoms with Crippen LogP contribution in [0, 0.1) is 6.92 Å². The van der Waals surface area contributed by atoms with Crippen LogP contribution >= 0.6 is 0 Å². The third-order valence-corrected chi connectivity index (χ3v) is 4.43. The summed E-state index contributed by atoms with van der Waals surface area (Å²) < 4.78 is 9.89. The quantitative estimate of drug-likeness (QED) is 0.800. The first-order chi connectivity index (χ1) is 12.6. The van der Waals surface area contributed by atoms with E-state index in [2.05, 4.69) is 15.5 Å². The molecule has 1 aromatic heterocycles. The molecule has 138 valence electrons. The van der Waals surface area contributed by atoms with Crippen LogP contribution in [0.1, 0.15) is 23.8 Å². The van der Waals surface area contributed by atoms with Gasteiger partial charge in [-0.05, 0) is 5.56 Å². The van der Waals surface area contributed by atoms with Crippen LogP contribution in [0.2, 0.25) is 0 Å².